The molecule has 1 amide bonds. The lowest BCUT2D eigenvalue weighted by molar-refractivity contribution is 0.203. The summed E-state index contributed by atoms with van der Waals surface area (Å²) in [6, 6.07) is -0.580. The van der Waals surface area contributed by atoms with Gasteiger partial charge in [0.15, 0.2) is 0 Å². The standard InChI is InChI=1S/C6H7N5O3/c1-14-4(7)11(6(12)13)5-9-2-8-3-10-5/h2-3,7H,1H3,(H,12,13). The Morgan fingerprint density at radius 2 is 2.14 bits per heavy atom. The van der Waals surface area contributed by atoms with E-state index in [2.05, 4.69) is 19.7 Å². The number of aromatic nitrogens is 3. The lowest BCUT2D eigenvalue weighted by atomic mass is 10.7. The maximum Gasteiger partial charge on any atom is 0.422 e. The first kappa shape index (κ1) is 9.84. The first-order valence-corrected chi connectivity index (χ1v) is 3.44. The van der Waals surface area contributed by atoms with Crippen molar-refractivity contribution < 1.29 is 14.6 Å². The van der Waals surface area contributed by atoms with Crippen molar-refractivity contribution in [2.24, 2.45) is 0 Å². The first-order chi connectivity index (χ1) is 6.66. The topological polar surface area (TPSA) is 112 Å². The summed E-state index contributed by atoms with van der Waals surface area (Å²) in [6.45, 7) is 0. The average Bonchev–Trinajstić information content (AvgIpc) is 2.19. The molecular weight excluding hydrogens is 190 g/mol. The summed E-state index contributed by atoms with van der Waals surface area (Å²) in [5.41, 5.74) is 0. The van der Waals surface area contributed by atoms with E-state index < -0.39 is 12.1 Å². The van der Waals surface area contributed by atoms with E-state index in [1.807, 2.05) is 0 Å². The zero-order chi connectivity index (χ0) is 10.6. The summed E-state index contributed by atoms with van der Waals surface area (Å²) < 4.78 is 4.46. The van der Waals surface area contributed by atoms with Crippen molar-refractivity contribution in [2.75, 3.05) is 12.0 Å². The van der Waals surface area contributed by atoms with Gasteiger partial charge in [0.1, 0.15) is 12.7 Å². The number of hydrogen-bond acceptors (Lipinski definition) is 6. The average molecular weight is 197 g/mol. The lowest BCUT2D eigenvalue weighted by Crippen LogP contribution is -2.37. The van der Waals surface area contributed by atoms with E-state index in [-0.39, 0.29) is 5.95 Å². The number of carboxylic acid groups (broad SMARTS) is 1. The number of rotatable bonds is 1. The van der Waals surface area contributed by atoms with Crippen molar-refractivity contribution in [3.63, 3.8) is 0 Å². The highest BCUT2D eigenvalue weighted by molar-refractivity contribution is 6.07. The molecule has 14 heavy (non-hydrogen) atoms. The van der Waals surface area contributed by atoms with Gasteiger partial charge < -0.3 is 9.84 Å². The van der Waals surface area contributed by atoms with Crippen LogP contribution in [0.15, 0.2) is 12.7 Å². The van der Waals surface area contributed by atoms with Gasteiger partial charge in [0.05, 0.1) is 7.11 Å². The van der Waals surface area contributed by atoms with Crippen LogP contribution in [-0.4, -0.2) is 39.3 Å². The van der Waals surface area contributed by atoms with Crippen molar-refractivity contribution >= 4 is 18.1 Å². The molecule has 0 saturated heterocycles. The summed E-state index contributed by atoms with van der Waals surface area (Å²) in [5, 5.41) is 15.9. The number of anilines is 1. The molecule has 74 valence electrons. The van der Waals surface area contributed by atoms with Gasteiger partial charge in [-0.2, -0.15) is 4.90 Å². The minimum atomic E-state index is -1.40. The SMILES string of the molecule is COC(=N)N(C(=O)O)c1ncncn1. The van der Waals surface area contributed by atoms with E-state index in [1.165, 1.54) is 7.11 Å². The summed E-state index contributed by atoms with van der Waals surface area (Å²) in [4.78, 5) is 21.9. The molecule has 0 aromatic carbocycles. The Bertz CT molecular complexity index is 341. The number of hydrogen-bond donors (Lipinski definition) is 2. The Labute approximate surface area is 78.7 Å². The molecule has 0 radical (unpaired) electrons. The predicted molar refractivity (Wildman–Crippen MR) is 45.1 cm³/mol. The summed E-state index contributed by atoms with van der Waals surface area (Å²) in [5.74, 6) is -0.181. The van der Waals surface area contributed by atoms with E-state index in [9.17, 15) is 4.79 Å². The quantitative estimate of drug-likeness (QED) is 0.481. The van der Waals surface area contributed by atoms with Gasteiger partial charge in [-0.3, -0.25) is 5.41 Å². The fourth-order valence-corrected chi connectivity index (χ4v) is 0.703. The molecule has 8 nitrogen and oxygen atoms in total. The lowest BCUT2D eigenvalue weighted by Gasteiger charge is -2.14. The van der Waals surface area contributed by atoms with Crippen LogP contribution in [0, 0.1) is 5.41 Å². The molecule has 0 fully saturated rings. The highest BCUT2D eigenvalue weighted by Crippen LogP contribution is 2.05. The molecule has 1 rings (SSSR count). The van der Waals surface area contributed by atoms with Crippen molar-refractivity contribution in [3.05, 3.63) is 12.7 Å². The van der Waals surface area contributed by atoms with E-state index in [4.69, 9.17) is 10.5 Å². The number of ether oxygens (including phenoxy) is 1. The molecule has 0 saturated carbocycles. The maximum absolute atomic E-state index is 10.7. The van der Waals surface area contributed by atoms with Crippen LogP contribution >= 0.6 is 0 Å². The molecule has 0 unspecified atom stereocenters. The Kier molecular flexibility index (Phi) is 2.89. The van der Waals surface area contributed by atoms with Crippen molar-refractivity contribution in [1.82, 2.24) is 15.0 Å². The minimum absolute atomic E-state index is 0.181. The second-order valence-corrected chi connectivity index (χ2v) is 2.07. The molecule has 1 heterocycles. The molecule has 0 aliphatic heterocycles. The van der Waals surface area contributed by atoms with Crippen LogP contribution < -0.4 is 4.90 Å². The fourth-order valence-electron chi connectivity index (χ4n) is 0.703. The van der Waals surface area contributed by atoms with Crippen LogP contribution in [0.2, 0.25) is 0 Å². The van der Waals surface area contributed by atoms with Crippen LogP contribution in [0.25, 0.3) is 0 Å². The number of methoxy groups -OCH3 is 1. The Morgan fingerprint density at radius 1 is 1.57 bits per heavy atom. The molecule has 0 spiro atoms. The molecule has 0 aliphatic rings. The van der Waals surface area contributed by atoms with Crippen molar-refractivity contribution in [2.45, 2.75) is 0 Å². The van der Waals surface area contributed by atoms with Crippen LogP contribution in [0.3, 0.4) is 0 Å². The van der Waals surface area contributed by atoms with Crippen molar-refractivity contribution in [1.29, 1.82) is 5.41 Å². The molecule has 1 aromatic heterocycles. The third-order valence-corrected chi connectivity index (χ3v) is 1.27. The van der Waals surface area contributed by atoms with Crippen molar-refractivity contribution in [3.8, 4) is 0 Å². The van der Waals surface area contributed by atoms with Crippen LogP contribution in [0.1, 0.15) is 0 Å². The smallest absolute Gasteiger partial charge is 0.422 e. The molecule has 0 atom stereocenters. The highest BCUT2D eigenvalue weighted by Gasteiger charge is 2.22. The van der Waals surface area contributed by atoms with E-state index in [0.717, 1.165) is 12.7 Å². The van der Waals surface area contributed by atoms with Gasteiger partial charge in [-0.05, 0) is 0 Å². The largest absolute Gasteiger partial charge is 0.468 e. The zero-order valence-corrected chi connectivity index (χ0v) is 7.21. The first-order valence-electron chi connectivity index (χ1n) is 3.44. The molecule has 1 aromatic rings. The van der Waals surface area contributed by atoms with Crippen LogP contribution in [-0.2, 0) is 4.74 Å². The fraction of sp³-hybridized carbons (Fsp3) is 0.167. The van der Waals surface area contributed by atoms with E-state index >= 15 is 0 Å². The second kappa shape index (κ2) is 4.12. The minimum Gasteiger partial charge on any atom is -0.468 e. The number of nitrogens with one attached hydrogen (secondary N) is 1. The summed E-state index contributed by atoms with van der Waals surface area (Å²) in [7, 11) is 1.18. The van der Waals surface area contributed by atoms with Crippen LogP contribution in [0.4, 0.5) is 10.7 Å². The predicted octanol–water partition coefficient (Wildman–Crippen LogP) is -0.0628. The van der Waals surface area contributed by atoms with Gasteiger partial charge in [0.25, 0.3) is 0 Å². The summed E-state index contributed by atoms with van der Waals surface area (Å²) >= 11 is 0. The van der Waals surface area contributed by atoms with Gasteiger partial charge in [-0.1, -0.05) is 0 Å². The number of nitrogens with zero attached hydrogens (tertiary/aromatic N) is 4. The highest BCUT2D eigenvalue weighted by atomic mass is 16.5. The van der Waals surface area contributed by atoms with Gasteiger partial charge in [-0.15, -0.1) is 0 Å². The summed E-state index contributed by atoms with van der Waals surface area (Å²) in [6.07, 6.45) is 0.852. The normalized spacial score (nSPS) is 9.21. The Balaban J connectivity index is 3.01. The Morgan fingerprint density at radius 3 is 2.57 bits per heavy atom. The van der Waals surface area contributed by atoms with Crippen LogP contribution in [0.5, 0.6) is 0 Å². The third-order valence-electron chi connectivity index (χ3n) is 1.27. The van der Waals surface area contributed by atoms with Gasteiger partial charge in [-0.25, -0.2) is 19.7 Å². The molecule has 0 bridgehead atoms. The molecular formula is C6H7N5O3. The van der Waals surface area contributed by atoms with Gasteiger partial charge >= 0.3 is 12.1 Å². The van der Waals surface area contributed by atoms with E-state index in [0.29, 0.717) is 4.90 Å². The number of carbonyl (C=O) groups is 1. The zero-order valence-electron chi connectivity index (χ0n) is 7.21. The molecule has 2 N–H and O–H groups in total. The van der Waals surface area contributed by atoms with Gasteiger partial charge in [0.2, 0.25) is 5.95 Å². The Hall–Kier alpha value is -2.25. The monoisotopic (exact) mass is 197 g/mol. The van der Waals surface area contributed by atoms with Gasteiger partial charge in [0, 0.05) is 0 Å². The number of amides is 1. The van der Waals surface area contributed by atoms with E-state index in [1.54, 1.807) is 0 Å². The number of amidine groups is 1. The molecule has 8 heteroatoms. The second-order valence-electron chi connectivity index (χ2n) is 2.07. The molecule has 0 aliphatic carbocycles. The maximum atomic E-state index is 10.7. The third kappa shape index (κ3) is 1.91.